The second-order valence-corrected chi connectivity index (χ2v) is 34.8. The molecule has 0 aliphatic carbocycles. The van der Waals surface area contributed by atoms with Crippen LogP contribution in [0.4, 0.5) is 0 Å². The molecule has 792 valence electrons. The summed E-state index contributed by atoms with van der Waals surface area (Å²) in [6.45, 7) is -6.27. The van der Waals surface area contributed by atoms with Crippen LogP contribution in [0.2, 0.25) is 0 Å². The molecule has 0 bridgehead atoms. The van der Waals surface area contributed by atoms with E-state index in [9.17, 15) is 183 Å². The molecule has 60 heteroatoms. The molecule has 11 heterocycles. The van der Waals surface area contributed by atoms with Crippen LogP contribution in [-0.4, -0.2) is 614 Å². The number of hydrogen-bond acceptors (Lipinski definition) is 58. The number of nitrogens with one attached hydrogen (secondary N) is 2. The molecule has 0 aromatic heterocycles. The average Bonchev–Trinajstić information content (AvgIpc) is 0.768. The fourth-order valence-corrected chi connectivity index (χ4v) is 17.5. The standard InChI is InChI=1S/C76H130N2O58/c1-16-32(91)42(101)49(108)67(116-16)134-63-45(104)36(95)23(7-80)121-74(63)131-60-38(97)25(9-82)119-72(54(60)113)129-58-29(13-86)125-70(52(111)47(58)106)128-57-28(12-85)124-66(31(41(57)100)78-20(5)89)115-15-22(90)35(94)56(21(6-79)77-19(4)88)127-76-65(136-69-51(110)44(103)34(93)18(3)118-69)62(40(99)27(11-84)123-76)133-71-53(112)48(107)59(30(14-87)126-71)130-73-55(114)61(39(98)26(10-83)120-73)132-75-64(46(105)37(96)24(8-81)122-75)135-68-50(109)43(102)33(92)17(2)117-68/h16-18,21-76,79-87,90-114H,6-15H2,1-5H3,(H,77,88)(H,78,89)/t16-,17-,18-,21-,22+,23+,24+,25+,26+,27+,28+,29+,30+,31+,32+,33+,34+,35-,36-,37-,38-,39-,40-,41+,42+,43+,44+,45-,46-,47+,48+,49-,50-,51-,52+,53+,54+,55+,56+,57+,58-,59-,60-,61-,62-,63+,64+,65+,66+,67-,68-,69-,70-,71-,72+,73+,74+,75+,76-/m0/s1. The summed E-state index contributed by atoms with van der Waals surface area (Å²) in [5.74, 6) is -1.98. The molecule has 0 aromatic rings. The average molecular weight is 2000 g/mol. The van der Waals surface area contributed by atoms with Crippen LogP contribution in [0.15, 0.2) is 0 Å². The maximum Gasteiger partial charge on any atom is 0.217 e. The summed E-state index contributed by atoms with van der Waals surface area (Å²) in [6, 6.07) is -3.91. The van der Waals surface area contributed by atoms with Gasteiger partial charge in [0.15, 0.2) is 69.2 Å². The Kier molecular flexibility index (Phi) is 40.9. The van der Waals surface area contributed by atoms with Gasteiger partial charge in [-0.15, -0.1) is 0 Å². The predicted octanol–water partition coefficient (Wildman–Crippen LogP) is -24.1. The van der Waals surface area contributed by atoms with Gasteiger partial charge in [0.05, 0.1) is 90.4 Å². The highest BCUT2D eigenvalue weighted by Gasteiger charge is 2.63. The summed E-state index contributed by atoms with van der Waals surface area (Å²) < 4.78 is 128. The number of hydrogen-bond donors (Lipinski definition) is 36. The van der Waals surface area contributed by atoms with Crippen molar-refractivity contribution in [3.63, 3.8) is 0 Å². The molecule has 11 saturated heterocycles. The first-order valence-corrected chi connectivity index (χ1v) is 43.7. The quantitative estimate of drug-likeness (QED) is 0.0275. The first-order valence-electron chi connectivity index (χ1n) is 43.7. The molecule has 11 aliphatic heterocycles. The minimum atomic E-state index is -2.61. The Bertz CT molecular complexity index is 3610. The summed E-state index contributed by atoms with van der Waals surface area (Å²) in [4.78, 5) is 26.0. The fourth-order valence-electron chi connectivity index (χ4n) is 17.5. The van der Waals surface area contributed by atoms with Gasteiger partial charge in [0.2, 0.25) is 11.8 Å². The highest BCUT2D eigenvalue weighted by Crippen LogP contribution is 2.42. The Morgan fingerprint density at radius 1 is 0.265 bits per heavy atom. The van der Waals surface area contributed by atoms with Gasteiger partial charge in [0, 0.05) is 13.8 Å². The number of ether oxygens (including phenoxy) is 22. The lowest BCUT2D eigenvalue weighted by Gasteiger charge is -2.51. The third-order valence-electron chi connectivity index (χ3n) is 25.4. The van der Waals surface area contributed by atoms with Crippen LogP contribution < -0.4 is 10.6 Å². The van der Waals surface area contributed by atoms with Gasteiger partial charge in [-0.3, -0.25) is 9.59 Å². The number of amides is 2. The zero-order chi connectivity index (χ0) is 100. The molecule has 2 amide bonds. The van der Waals surface area contributed by atoms with Crippen LogP contribution in [0.5, 0.6) is 0 Å². The molecule has 0 spiro atoms. The summed E-state index contributed by atoms with van der Waals surface area (Å²) in [7, 11) is 0. The van der Waals surface area contributed by atoms with Gasteiger partial charge in [-0.25, -0.2) is 0 Å². The van der Waals surface area contributed by atoms with E-state index in [4.69, 9.17) is 104 Å². The van der Waals surface area contributed by atoms with Crippen LogP contribution in [-0.2, 0) is 114 Å². The van der Waals surface area contributed by atoms with E-state index in [0.29, 0.717) is 0 Å². The van der Waals surface area contributed by atoms with E-state index in [1.54, 1.807) is 0 Å². The molecule has 0 aromatic carbocycles. The Labute approximate surface area is 770 Å². The molecule has 36 N–H and O–H groups in total. The third-order valence-corrected chi connectivity index (χ3v) is 25.4. The zero-order valence-corrected chi connectivity index (χ0v) is 73.1. The van der Waals surface area contributed by atoms with Gasteiger partial charge in [-0.2, -0.15) is 0 Å². The van der Waals surface area contributed by atoms with Crippen molar-refractivity contribution >= 4 is 11.8 Å². The number of rotatable bonds is 37. The summed E-state index contributed by atoms with van der Waals surface area (Å²) in [6.07, 6.45) is -119. The third kappa shape index (κ3) is 24.5. The summed E-state index contributed by atoms with van der Waals surface area (Å²) >= 11 is 0. The van der Waals surface area contributed by atoms with Crippen LogP contribution in [0.1, 0.15) is 34.6 Å². The lowest BCUT2D eigenvalue weighted by atomic mass is 9.94. The molecule has 136 heavy (non-hydrogen) atoms. The number of aliphatic hydroxyl groups is 34. The van der Waals surface area contributed by atoms with Crippen molar-refractivity contribution in [2.45, 2.75) is 397 Å². The molecule has 11 rings (SSSR count). The highest BCUT2D eigenvalue weighted by atomic mass is 16.8. The van der Waals surface area contributed by atoms with E-state index < -0.39 is 440 Å². The van der Waals surface area contributed by atoms with E-state index in [1.165, 1.54) is 20.8 Å². The molecule has 11 aliphatic rings. The second kappa shape index (κ2) is 49.3. The van der Waals surface area contributed by atoms with Crippen molar-refractivity contribution in [1.82, 2.24) is 10.6 Å². The smallest absolute Gasteiger partial charge is 0.217 e. The lowest BCUT2D eigenvalue weighted by Crippen LogP contribution is -2.69. The van der Waals surface area contributed by atoms with Crippen molar-refractivity contribution in [3.05, 3.63) is 0 Å². The first kappa shape index (κ1) is 113. The largest absolute Gasteiger partial charge is 0.394 e. The van der Waals surface area contributed by atoms with E-state index in [-0.39, 0.29) is 0 Å². The van der Waals surface area contributed by atoms with Crippen molar-refractivity contribution in [1.29, 1.82) is 0 Å². The molecule has 60 nitrogen and oxygen atoms in total. The van der Waals surface area contributed by atoms with Gasteiger partial charge in [-0.05, 0) is 20.8 Å². The van der Waals surface area contributed by atoms with Crippen LogP contribution in [0, 0.1) is 0 Å². The van der Waals surface area contributed by atoms with Gasteiger partial charge >= 0.3 is 0 Å². The molecule has 11 fully saturated rings. The molecule has 0 saturated carbocycles. The van der Waals surface area contributed by atoms with Crippen molar-refractivity contribution < 1.29 is 287 Å². The van der Waals surface area contributed by atoms with Crippen molar-refractivity contribution in [2.24, 2.45) is 0 Å². The second-order valence-electron chi connectivity index (χ2n) is 34.8. The summed E-state index contributed by atoms with van der Waals surface area (Å²) in [5, 5.41) is 384. The van der Waals surface area contributed by atoms with Gasteiger partial charge in [-0.1, -0.05) is 0 Å². The van der Waals surface area contributed by atoms with Crippen LogP contribution >= 0.6 is 0 Å². The molecule has 0 radical (unpaired) electrons. The Balaban J connectivity index is 0.787. The number of carbonyl (C=O) groups excluding carboxylic acids is 2. The topological polar surface area (TPSA) is 949 Å². The maximum atomic E-state index is 13.0. The molecular formula is C76H130N2O58. The zero-order valence-electron chi connectivity index (χ0n) is 73.1. The predicted molar refractivity (Wildman–Crippen MR) is 416 cm³/mol. The lowest BCUT2D eigenvalue weighted by molar-refractivity contribution is -0.407. The fraction of sp³-hybridized carbons (Fsp3) is 0.974. The van der Waals surface area contributed by atoms with Gasteiger partial charge in [0.1, 0.15) is 269 Å². The minimum Gasteiger partial charge on any atom is -0.394 e. The molecular weight excluding hydrogens is 1870 g/mol. The summed E-state index contributed by atoms with van der Waals surface area (Å²) in [5.41, 5.74) is 0. The monoisotopic (exact) mass is 2000 g/mol. The van der Waals surface area contributed by atoms with Crippen molar-refractivity contribution in [2.75, 3.05) is 66.1 Å². The van der Waals surface area contributed by atoms with E-state index in [2.05, 4.69) is 10.6 Å². The molecule has 59 atom stereocenters. The van der Waals surface area contributed by atoms with Crippen molar-refractivity contribution in [3.8, 4) is 0 Å². The number of aliphatic hydroxyl groups excluding tert-OH is 34. The minimum absolute atomic E-state index is 0.894. The maximum absolute atomic E-state index is 13.0. The number of carbonyl (C=O) groups is 2. The van der Waals surface area contributed by atoms with E-state index >= 15 is 0 Å². The SMILES string of the molecule is CC(=O)N[C@H]1[C@H](OC[C@@H](O)[C@H](O)[C@H](O[C@@H]2O[C@H](CO)[C@H](O)[C@H](O[C@@H]3O[C@H](CO)[C@H](O[C@H]4O[C@H](CO)[C@H](O)[C@H](O[C@H]5O[C@H](CO)[C@H](O)[C@H](O)[C@H]5O[C@@H]5O[C@@H](C)[C@@H](O)[C@@H](O)[C@@H]5O)[C@H]4O)[C@H](O)[C@H]3O)[C@H]2O[C@@H]2O[C@@H](C)[C@@H](O)[C@@H](O)[C@@H]2O)[C@H](CO)NC(C)=O)O[C@H](CO)[C@@H](O[C@@H]2O[C@H](CO)[C@H](O[C@H]3O[C@H](CO)[C@H](O)[C@H](O[C@H]4O[C@H](CO)[C@H](O)[C@H](O)[C@H]4O[C@@H]4O[C@@H](C)[C@@H](O)[C@@H](O)[C@@H]4O)[C@H]3O)[C@H](O)[C@H]2O)[C@@H]1O. The Morgan fingerprint density at radius 2 is 0.537 bits per heavy atom. The van der Waals surface area contributed by atoms with Crippen LogP contribution in [0.25, 0.3) is 0 Å². The Morgan fingerprint density at radius 3 is 0.890 bits per heavy atom. The normalized spacial score (nSPS) is 50.3. The molecule has 0 unspecified atom stereocenters. The Hall–Kier alpha value is -3.30. The highest BCUT2D eigenvalue weighted by molar-refractivity contribution is 5.73. The van der Waals surface area contributed by atoms with E-state index in [0.717, 1.165) is 13.8 Å². The van der Waals surface area contributed by atoms with Gasteiger partial charge < -0.3 is 288 Å². The van der Waals surface area contributed by atoms with Crippen LogP contribution in [0.3, 0.4) is 0 Å². The van der Waals surface area contributed by atoms with Gasteiger partial charge in [0.25, 0.3) is 0 Å². The first-order chi connectivity index (χ1) is 64.3. The van der Waals surface area contributed by atoms with E-state index in [1.807, 2.05) is 0 Å².